The van der Waals surface area contributed by atoms with E-state index in [0.29, 0.717) is 29.4 Å². The molecule has 3 aromatic rings. The highest BCUT2D eigenvalue weighted by Gasteiger charge is 2.31. The molecule has 0 saturated heterocycles. The molecule has 3 atom stereocenters. The number of likely N-dealkylation sites (N-methyl/N-ethyl adjacent to an activating group) is 1. The lowest BCUT2D eigenvalue weighted by atomic mass is 10.0. The first-order valence-electron chi connectivity index (χ1n) is 13.9. The number of nitrogens with zero attached hydrogens (tertiary/aromatic N) is 3. The Hall–Kier alpha value is -4.65. The Kier molecular flexibility index (Phi) is 9.86. The number of anilines is 3. The number of fused-ring (bicyclic) bond motifs is 1. The molecule has 0 aliphatic carbocycles. The van der Waals surface area contributed by atoms with Crippen molar-refractivity contribution in [1.29, 1.82) is 0 Å². The van der Waals surface area contributed by atoms with Gasteiger partial charge in [0.25, 0.3) is 5.91 Å². The summed E-state index contributed by atoms with van der Waals surface area (Å²) in [7, 11) is 3.22. The van der Waals surface area contributed by atoms with Crippen LogP contribution in [0.3, 0.4) is 0 Å². The van der Waals surface area contributed by atoms with Gasteiger partial charge in [0.15, 0.2) is 5.76 Å². The first-order valence-corrected chi connectivity index (χ1v) is 13.9. The highest BCUT2D eigenvalue weighted by atomic mass is 19.1. The van der Waals surface area contributed by atoms with Crippen molar-refractivity contribution >= 4 is 35.0 Å². The van der Waals surface area contributed by atoms with Crippen molar-refractivity contribution < 1.29 is 32.8 Å². The van der Waals surface area contributed by atoms with E-state index in [2.05, 4.69) is 21.1 Å². The van der Waals surface area contributed by atoms with Crippen molar-refractivity contribution in [1.82, 2.24) is 15.0 Å². The molecule has 0 unspecified atom stereocenters. The van der Waals surface area contributed by atoms with E-state index in [0.717, 1.165) is 0 Å². The molecule has 1 aliphatic rings. The Morgan fingerprint density at radius 2 is 1.77 bits per heavy atom. The summed E-state index contributed by atoms with van der Waals surface area (Å²) in [6.45, 7) is 7.92. The maximum absolute atomic E-state index is 13.6. The Balaban J connectivity index is 1.59. The smallest absolute Gasteiger partial charge is 0.323 e. The van der Waals surface area contributed by atoms with E-state index in [9.17, 15) is 18.8 Å². The first-order chi connectivity index (χ1) is 20.5. The molecule has 13 heteroatoms. The lowest BCUT2D eigenvalue weighted by molar-refractivity contribution is 0.0174. The zero-order chi connectivity index (χ0) is 31.3. The lowest BCUT2D eigenvalue weighted by Gasteiger charge is -2.36. The normalized spacial score (nSPS) is 19.4. The number of rotatable bonds is 4. The average Bonchev–Trinajstić information content (AvgIpc) is 3.28. The molecule has 0 bridgehead atoms. The fraction of sp³-hybridized carbons (Fsp3) is 0.400. The van der Waals surface area contributed by atoms with Crippen LogP contribution in [0.4, 0.5) is 31.0 Å². The molecule has 3 N–H and O–H groups in total. The minimum atomic E-state index is -0.609. The molecule has 1 aliphatic heterocycles. The number of carbonyl (C=O) groups is 3. The number of carbonyl (C=O) groups excluding carboxylic acids is 3. The van der Waals surface area contributed by atoms with Crippen LogP contribution in [0.1, 0.15) is 35.7 Å². The topological polar surface area (TPSA) is 138 Å². The number of amides is 5. The van der Waals surface area contributed by atoms with Crippen LogP contribution in [-0.2, 0) is 4.74 Å². The number of aryl methyl sites for hydroxylation is 2. The third kappa shape index (κ3) is 7.60. The summed E-state index contributed by atoms with van der Waals surface area (Å²) in [5, 5.41) is 12.1. The molecule has 0 radical (unpaired) electrons. The van der Waals surface area contributed by atoms with Crippen LogP contribution in [-0.4, -0.2) is 78.9 Å². The number of urea groups is 2. The molecule has 5 amide bonds. The Labute approximate surface area is 249 Å². The predicted octanol–water partition coefficient (Wildman–Crippen LogP) is 5.11. The molecule has 0 saturated carbocycles. The molecule has 12 nitrogen and oxygen atoms in total. The lowest BCUT2D eigenvalue weighted by Crippen LogP contribution is -2.50. The number of methoxy groups -OCH3 is 1. The van der Waals surface area contributed by atoms with E-state index in [1.54, 1.807) is 51.1 Å². The van der Waals surface area contributed by atoms with Gasteiger partial charge in [-0.2, -0.15) is 0 Å². The van der Waals surface area contributed by atoms with Crippen molar-refractivity contribution in [3.63, 3.8) is 0 Å². The summed E-state index contributed by atoms with van der Waals surface area (Å²) in [5.41, 5.74) is 1.90. The van der Waals surface area contributed by atoms with Gasteiger partial charge >= 0.3 is 12.1 Å². The van der Waals surface area contributed by atoms with Crippen LogP contribution in [0.2, 0.25) is 0 Å². The van der Waals surface area contributed by atoms with Gasteiger partial charge in [0.05, 0.1) is 17.7 Å². The summed E-state index contributed by atoms with van der Waals surface area (Å²) < 4.78 is 30.6. The maximum atomic E-state index is 13.6. The Morgan fingerprint density at radius 3 is 2.42 bits per heavy atom. The highest BCUT2D eigenvalue weighted by Crippen LogP contribution is 2.27. The largest absolute Gasteiger partial charge is 0.491 e. The van der Waals surface area contributed by atoms with Gasteiger partial charge in [-0.1, -0.05) is 18.1 Å². The summed E-state index contributed by atoms with van der Waals surface area (Å²) in [4.78, 5) is 42.9. The van der Waals surface area contributed by atoms with E-state index in [-0.39, 0.29) is 48.0 Å². The van der Waals surface area contributed by atoms with E-state index in [4.69, 9.17) is 14.0 Å². The van der Waals surface area contributed by atoms with Crippen LogP contribution in [0.5, 0.6) is 5.75 Å². The minimum Gasteiger partial charge on any atom is -0.491 e. The Bertz CT molecular complexity index is 1460. The van der Waals surface area contributed by atoms with Gasteiger partial charge in [-0.25, -0.2) is 14.0 Å². The molecule has 43 heavy (non-hydrogen) atoms. The van der Waals surface area contributed by atoms with Crippen molar-refractivity contribution in [3.05, 3.63) is 65.3 Å². The summed E-state index contributed by atoms with van der Waals surface area (Å²) >= 11 is 0. The fourth-order valence-corrected chi connectivity index (χ4v) is 4.84. The van der Waals surface area contributed by atoms with Gasteiger partial charge in [-0.15, -0.1) is 0 Å². The first kappa shape index (κ1) is 31.3. The van der Waals surface area contributed by atoms with Crippen molar-refractivity contribution in [2.45, 2.75) is 39.8 Å². The number of aromatic nitrogens is 1. The van der Waals surface area contributed by atoms with Crippen LogP contribution in [0.15, 0.2) is 47.0 Å². The molecular formula is C30H37FN6O6. The van der Waals surface area contributed by atoms with E-state index in [1.165, 1.54) is 29.2 Å². The van der Waals surface area contributed by atoms with E-state index in [1.807, 2.05) is 13.8 Å². The van der Waals surface area contributed by atoms with Gasteiger partial charge in [0.2, 0.25) is 0 Å². The van der Waals surface area contributed by atoms with E-state index >= 15 is 0 Å². The molecule has 0 spiro atoms. The molecule has 1 aromatic heterocycles. The molecule has 0 fully saturated rings. The zero-order valence-electron chi connectivity index (χ0n) is 25.1. The number of halogens is 1. The number of benzene rings is 2. The zero-order valence-corrected chi connectivity index (χ0v) is 25.1. The number of ether oxygens (including phenoxy) is 2. The monoisotopic (exact) mass is 596 g/mol. The van der Waals surface area contributed by atoms with E-state index < -0.39 is 24.0 Å². The van der Waals surface area contributed by atoms with Gasteiger partial charge < -0.3 is 39.7 Å². The average molecular weight is 597 g/mol. The van der Waals surface area contributed by atoms with Gasteiger partial charge in [-0.05, 0) is 57.2 Å². The van der Waals surface area contributed by atoms with Crippen LogP contribution in [0.25, 0.3) is 0 Å². The SMILES string of the molecule is CO[C@@H]1CN(C)C(=O)c2cc(NC(=O)Nc3cccc(F)c3)ccc2OC[C@H](C)N(C(=O)Nc2c(C)noc2C)C[C@@H]1C. The van der Waals surface area contributed by atoms with Gasteiger partial charge in [0, 0.05) is 44.5 Å². The van der Waals surface area contributed by atoms with Gasteiger partial charge in [0.1, 0.15) is 29.6 Å². The minimum absolute atomic E-state index is 0.0796. The number of hydrogen-bond donors (Lipinski definition) is 3. The second-order valence-corrected chi connectivity index (χ2v) is 10.7. The Morgan fingerprint density at radius 1 is 1.05 bits per heavy atom. The quantitative estimate of drug-likeness (QED) is 0.380. The van der Waals surface area contributed by atoms with Crippen molar-refractivity contribution in [2.24, 2.45) is 5.92 Å². The fourth-order valence-electron chi connectivity index (χ4n) is 4.84. The molecular weight excluding hydrogens is 559 g/mol. The maximum Gasteiger partial charge on any atom is 0.323 e. The second-order valence-electron chi connectivity index (χ2n) is 10.7. The summed E-state index contributed by atoms with van der Waals surface area (Å²) in [6, 6.07) is 8.83. The third-order valence-corrected chi connectivity index (χ3v) is 7.31. The third-order valence-electron chi connectivity index (χ3n) is 7.31. The van der Waals surface area contributed by atoms with Crippen molar-refractivity contribution in [3.8, 4) is 5.75 Å². The van der Waals surface area contributed by atoms with Crippen LogP contribution in [0, 0.1) is 25.6 Å². The van der Waals surface area contributed by atoms with Crippen molar-refractivity contribution in [2.75, 3.05) is 49.8 Å². The molecule has 2 heterocycles. The van der Waals surface area contributed by atoms with Crippen LogP contribution >= 0.6 is 0 Å². The summed E-state index contributed by atoms with van der Waals surface area (Å²) in [6.07, 6.45) is -0.391. The highest BCUT2D eigenvalue weighted by molar-refractivity contribution is 6.02. The predicted molar refractivity (Wildman–Crippen MR) is 159 cm³/mol. The summed E-state index contributed by atoms with van der Waals surface area (Å²) in [5.74, 6) is -0.194. The standard InChI is InChI=1S/C30H37FN6O6/c1-17-14-37(30(40)34-27-19(3)35-43-20(27)4)18(2)16-42-25-11-10-23(13-24(25)28(38)36(5)15-26(17)41-6)33-29(39)32-22-9-7-8-21(31)12-22/h7-13,17-18,26H,14-16H2,1-6H3,(H,34,40)(H2,32,33,39)/t17-,18-,26+/m0/s1. The van der Waals surface area contributed by atoms with Gasteiger partial charge in [-0.3, -0.25) is 4.79 Å². The van der Waals surface area contributed by atoms with Crippen LogP contribution < -0.4 is 20.7 Å². The number of hydrogen-bond acceptors (Lipinski definition) is 7. The molecule has 4 rings (SSSR count). The molecule has 230 valence electrons. The molecule has 2 aromatic carbocycles. The second kappa shape index (κ2) is 13.6. The number of nitrogens with one attached hydrogen (secondary N) is 3.